The van der Waals surface area contributed by atoms with E-state index in [1.165, 1.54) is 43.2 Å². The van der Waals surface area contributed by atoms with Gasteiger partial charge in [-0.2, -0.15) is 0 Å². The van der Waals surface area contributed by atoms with Gasteiger partial charge in [-0.3, -0.25) is 0 Å². The van der Waals surface area contributed by atoms with Gasteiger partial charge < -0.3 is 24.8 Å². The molecule has 4 saturated carbocycles. The standard InChI is InChI=1S/C21H25.C10H14.C5H5.2ClH.Zr/c1-20(2,3)16-7-9-18-14(12-16)11-15-13-17(21(4,5)6)8-10-19(15)18;1-7-2-9-4-8(1)5-10(3-7)6-9;1-2-4-5-3-1;;;/h7-10,12H,11H2,1-6H3;7-10H,1-5H2;1-3H,4H2;2*1H;/q;;;;;+2/p-2. The normalized spacial score (nSPS) is 25.9. The van der Waals surface area contributed by atoms with Crippen LogP contribution < -0.4 is 28.1 Å². The molecule has 6 aliphatic carbocycles. The van der Waals surface area contributed by atoms with Crippen molar-refractivity contribution in [1.29, 1.82) is 0 Å². The van der Waals surface area contributed by atoms with Crippen molar-refractivity contribution in [1.82, 2.24) is 0 Å². The Morgan fingerprint density at radius 2 is 1.38 bits per heavy atom. The van der Waals surface area contributed by atoms with Gasteiger partial charge in [-0.1, -0.05) is 0 Å². The van der Waals surface area contributed by atoms with E-state index in [9.17, 15) is 0 Å². The summed E-state index contributed by atoms with van der Waals surface area (Å²) in [5.74, 6) is 3.95. The summed E-state index contributed by atoms with van der Waals surface area (Å²) in [6.45, 7) is 14.5. The molecule has 0 aromatic heterocycles. The van der Waals surface area contributed by atoms with Gasteiger partial charge in [0, 0.05) is 0 Å². The molecule has 3 heteroatoms. The average Bonchev–Trinajstić information content (AvgIpc) is 3.47. The number of benzene rings is 2. The fraction of sp³-hybridized carbons (Fsp3) is 0.528. The number of halogens is 2. The minimum absolute atomic E-state index is 0. The number of fused-ring (bicyclic) bond motifs is 3. The SMILES string of the molecule is CC(C)(C)c1ccc2c(c1)Cc1c-2ccc(C(C)(C)C)[c]1[Zr+2]([C]1=CC=CC1)=[C]1C2CC3CC(C2)CC1C3.[Cl-].[Cl-]. The third kappa shape index (κ3) is 5.00. The molecule has 2 aromatic carbocycles. The van der Waals surface area contributed by atoms with Crippen LogP contribution in [0, 0.1) is 23.7 Å². The summed E-state index contributed by atoms with van der Waals surface area (Å²) in [4.78, 5) is 0. The van der Waals surface area contributed by atoms with Gasteiger partial charge in [0.25, 0.3) is 0 Å². The van der Waals surface area contributed by atoms with Gasteiger partial charge in [-0.25, -0.2) is 0 Å². The van der Waals surface area contributed by atoms with Crippen molar-refractivity contribution >= 4 is 6.48 Å². The van der Waals surface area contributed by atoms with E-state index >= 15 is 0 Å². The van der Waals surface area contributed by atoms with Crippen LogP contribution in [0.5, 0.6) is 0 Å². The molecule has 2 aromatic rings. The first-order valence-electron chi connectivity index (χ1n) is 15.0. The maximum atomic E-state index is 2.58. The van der Waals surface area contributed by atoms with Gasteiger partial charge in [0.2, 0.25) is 0 Å². The number of allylic oxidation sites excluding steroid dienone is 4. The Kier molecular flexibility index (Phi) is 8.01. The minimum Gasteiger partial charge on any atom is -1.00 e. The van der Waals surface area contributed by atoms with Crippen molar-refractivity contribution in [3.63, 3.8) is 0 Å². The number of rotatable bonds is 2. The topological polar surface area (TPSA) is 0 Å². The number of hydrogen-bond acceptors (Lipinski definition) is 0. The van der Waals surface area contributed by atoms with Gasteiger partial charge in [0.1, 0.15) is 0 Å². The molecule has 39 heavy (non-hydrogen) atoms. The summed E-state index contributed by atoms with van der Waals surface area (Å²) in [6, 6.07) is 12.5. The van der Waals surface area contributed by atoms with E-state index in [4.69, 9.17) is 0 Å². The maximum Gasteiger partial charge on any atom is -1.00 e. The van der Waals surface area contributed by atoms with Gasteiger partial charge in [-0.15, -0.1) is 0 Å². The van der Waals surface area contributed by atoms with Crippen molar-refractivity contribution in [2.75, 3.05) is 0 Å². The molecule has 0 atom stereocenters. The van der Waals surface area contributed by atoms with Crippen LogP contribution in [0.3, 0.4) is 0 Å². The quantitative estimate of drug-likeness (QED) is 0.405. The first kappa shape index (κ1) is 29.7. The monoisotopic (exact) mass is 636 g/mol. The Balaban J connectivity index is 0.00000154. The molecule has 6 aliphatic rings. The van der Waals surface area contributed by atoms with Crippen LogP contribution >= 0.6 is 0 Å². The smallest absolute Gasteiger partial charge is 1.00 e. The Bertz CT molecular complexity index is 1360. The molecule has 0 nitrogen and oxygen atoms in total. The van der Waals surface area contributed by atoms with E-state index in [1.54, 1.807) is 28.7 Å². The summed E-state index contributed by atoms with van der Waals surface area (Å²) >= 11 is -2.28. The van der Waals surface area contributed by atoms with Crippen LogP contribution in [0.25, 0.3) is 11.1 Å². The summed E-state index contributed by atoms with van der Waals surface area (Å²) < 4.78 is 5.92. The van der Waals surface area contributed by atoms with Gasteiger partial charge in [0.15, 0.2) is 0 Å². The first-order valence-corrected chi connectivity index (χ1v) is 18.7. The molecule has 206 valence electrons. The van der Waals surface area contributed by atoms with Crippen molar-refractivity contribution in [3.8, 4) is 11.1 Å². The Hall–Kier alpha value is -0.747. The van der Waals surface area contributed by atoms with E-state index in [0.29, 0.717) is 0 Å². The Morgan fingerprint density at radius 3 is 1.95 bits per heavy atom. The van der Waals surface area contributed by atoms with E-state index < -0.39 is 21.3 Å². The predicted octanol–water partition coefficient (Wildman–Crippen LogP) is 2.58. The molecule has 0 heterocycles. The van der Waals surface area contributed by atoms with E-state index in [-0.39, 0.29) is 35.6 Å². The third-order valence-corrected chi connectivity index (χ3v) is 18.9. The molecule has 4 fully saturated rings. The molecule has 0 spiro atoms. The molecule has 0 amide bonds. The molecule has 0 N–H and O–H groups in total. The Morgan fingerprint density at radius 1 is 0.744 bits per heavy atom. The van der Waals surface area contributed by atoms with Crippen LogP contribution in [0.1, 0.15) is 102 Å². The summed E-state index contributed by atoms with van der Waals surface area (Å²) in [5, 5.41) is 0. The van der Waals surface area contributed by atoms with Gasteiger partial charge in [-0.05, 0) is 0 Å². The van der Waals surface area contributed by atoms with Gasteiger partial charge >= 0.3 is 234 Å². The van der Waals surface area contributed by atoms with Gasteiger partial charge in [0.05, 0.1) is 0 Å². The second kappa shape index (κ2) is 10.5. The third-order valence-electron chi connectivity index (χ3n) is 10.4. The molecule has 0 aliphatic heterocycles. The van der Waals surface area contributed by atoms with Crippen molar-refractivity contribution in [3.05, 3.63) is 74.1 Å². The zero-order chi connectivity index (χ0) is 25.7. The molecular weight excluding hydrogens is 595 g/mol. The van der Waals surface area contributed by atoms with Crippen molar-refractivity contribution < 1.29 is 46.1 Å². The van der Waals surface area contributed by atoms with Crippen LogP contribution in [-0.2, 0) is 38.5 Å². The Labute approximate surface area is 257 Å². The zero-order valence-electron chi connectivity index (χ0n) is 24.6. The molecule has 0 unspecified atom stereocenters. The van der Waals surface area contributed by atoms with Crippen LogP contribution in [0.4, 0.5) is 0 Å². The predicted molar refractivity (Wildman–Crippen MR) is 156 cm³/mol. The fourth-order valence-corrected chi connectivity index (χ4v) is 19.0. The second-order valence-corrected chi connectivity index (χ2v) is 21.1. The van der Waals surface area contributed by atoms with Crippen LogP contribution in [-0.4, -0.2) is 3.21 Å². The van der Waals surface area contributed by atoms with E-state index in [1.807, 2.05) is 6.55 Å². The largest absolute Gasteiger partial charge is 1.00 e. The molecule has 4 bridgehead atoms. The van der Waals surface area contributed by atoms with Crippen LogP contribution in [0.2, 0.25) is 0 Å². The second-order valence-electron chi connectivity index (χ2n) is 15.0. The molecule has 8 rings (SSSR count). The molecule has 0 saturated heterocycles. The molecular formula is C36H44Cl2Zr. The summed E-state index contributed by atoms with van der Waals surface area (Å²) in [5.41, 5.74) is 9.92. The first-order chi connectivity index (χ1) is 17.6. The van der Waals surface area contributed by atoms with Crippen molar-refractivity contribution in [2.24, 2.45) is 23.7 Å². The number of hydrogen-bond donors (Lipinski definition) is 0. The zero-order valence-corrected chi connectivity index (χ0v) is 28.6. The minimum atomic E-state index is -2.28. The van der Waals surface area contributed by atoms with Crippen LogP contribution in [0.15, 0.2) is 51.8 Å². The molecule has 0 radical (unpaired) electrons. The summed E-state index contributed by atoms with van der Waals surface area (Å²) in [7, 11) is 0. The fourth-order valence-electron chi connectivity index (χ4n) is 8.88. The summed E-state index contributed by atoms with van der Waals surface area (Å²) in [6.07, 6.45) is 17.4. The van der Waals surface area contributed by atoms with E-state index in [2.05, 4.69) is 93.3 Å². The van der Waals surface area contributed by atoms with Crippen molar-refractivity contribution in [2.45, 2.75) is 97.3 Å². The maximum absolute atomic E-state index is 2.58. The van der Waals surface area contributed by atoms with E-state index in [0.717, 1.165) is 30.1 Å². The average molecular weight is 639 g/mol.